The predicted octanol–water partition coefficient (Wildman–Crippen LogP) is 2.42. The van der Waals surface area contributed by atoms with Gasteiger partial charge in [0.25, 0.3) is 0 Å². The van der Waals surface area contributed by atoms with Crippen LogP contribution in [0.1, 0.15) is 27.7 Å². The Kier molecular flexibility index (Phi) is 3.73. The highest BCUT2D eigenvalue weighted by Crippen LogP contribution is 2.14. The highest BCUT2D eigenvalue weighted by molar-refractivity contribution is 5.65. The Balaban J connectivity index is 4.19. The second-order valence-corrected chi connectivity index (χ2v) is 4.19. The lowest BCUT2D eigenvalue weighted by atomic mass is 9.97. The maximum atomic E-state index is 8.68. The van der Waals surface area contributed by atoms with Crippen molar-refractivity contribution in [2.24, 2.45) is 15.6 Å². The topological polar surface area (TPSA) is 72.4 Å². The summed E-state index contributed by atoms with van der Waals surface area (Å²) in [5.74, 6) is 0. The molecule has 13 heavy (non-hydrogen) atoms. The summed E-state index contributed by atoms with van der Waals surface area (Å²) in [4.78, 5) is 0. The monoisotopic (exact) mass is 180 g/mol. The molecule has 72 valence electrons. The SMILES string of the molecule is CC(C)(C#N)C/N=N/C(C)(C)C=N. The van der Waals surface area contributed by atoms with E-state index in [9.17, 15) is 0 Å². The normalized spacial score (nSPS) is 12.8. The van der Waals surface area contributed by atoms with Crippen molar-refractivity contribution in [2.75, 3.05) is 6.54 Å². The molecule has 0 unspecified atom stereocenters. The van der Waals surface area contributed by atoms with Crippen LogP contribution in [0.15, 0.2) is 10.2 Å². The van der Waals surface area contributed by atoms with Crippen molar-refractivity contribution in [3.63, 3.8) is 0 Å². The van der Waals surface area contributed by atoms with Crippen LogP contribution in [0, 0.1) is 22.2 Å². The number of azo groups is 1. The van der Waals surface area contributed by atoms with Crippen molar-refractivity contribution in [3.8, 4) is 6.07 Å². The average molecular weight is 180 g/mol. The van der Waals surface area contributed by atoms with Gasteiger partial charge in [0.05, 0.1) is 18.0 Å². The number of nitrogens with zero attached hydrogens (tertiary/aromatic N) is 3. The van der Waals surface area contributed by atoms with Gasteiger partial charge in [-0.3, -0.25) is 0 Å². The Bertz CT molecular complexity index is 245. The van der Waals surface area contributed by atoms with Gasteiger partial charge in [-0.1, -0.05) is 0 Å². The zero-order valence-electron chi connectivity index (χ0n) is 8.63. The van der Waals surface area contributed by atoms with E-state index < -0.39 is 11.0 Å². The van der Waals surface area contributed by atoms with E-state index >= 15 is 0 Å². The van der Waals surface area contributed by atoms with Gasteiger partial charge in [0.2, 0.25) is 0 Å². The third-order valence-corrected chi connectivity index (χ3v) is 1.45. The molecule has 0 aliphatic rings. The van der Waals surface area contributed by atoms with Crippen LogP contribution in [-0.4, -0.2) is 18.3 Å². The van der Waals surface area contributed by atoms with Gasteiger partial charge in [0.15, 0.2) is 0 Å². The molecule has 0 saturated heterocycles. The first-order valence-corrected chi connectivity index (χ1v) is 4.14. The Labute approximate surface area is 79.2 Å². The molecule has 0 rings (SSSR count). The van der Waals surface area contributed by atoms with Crippen molar-refractivity contribution >= 4 is 6.21 Å². The highest BCUT2D eigenvalue weighted by atomic mass is 15.1. The molecule has 0 atom stereocenters. The van der Waals surface area contributed by atoms with E-state index in [1.807, 2.05) is 13.8 Å². The molecular weight excluding hydrogens is 164 g/mol. The molecule has 4 heteroatoms. The molecule has 0 aromatic rings. The van der Waals surface area contributed by atoms with Crippen molar-refractivity contribution in [1.29, 1.82) is 10.7 Å². The molecular formula is C9H16N4. The molecule has 0 saturated carbocycles. The molecule has 0 radical (unpaired) electrons. The quantitative estimate of drug-likeness (QED) is 0.523. The van der Waals surface area contributed by atoms with Gasteiger partial charge in [0, 0.05) is 6.21 Å². The van der Waals surface area contributed by atoms with Crippen LogP contribution in [0.2, 0.25) is 0 Å². The van der Waals surface area contributed by atoms with Crippen molar-refractivity contribution in [1.82, 2.24) is 0 Å². The fraction of sp³-hybridized carbons (Fsp3) is 0.778. The smallest absolute Gasteiger partial charge is 0.110 e. The van der Waals surface area contributed by atoms with Gasteiger partial charge in [0.1, 0.15) is 5.54 Å². The van der Waals surface area contributed by atoms with Crippen LogP contribution in [0.4, 0.5) is 0 Å². The van der Waals surface area contributed by atoms with Gasteiger partial charge < -0.3 is 5.41 Å². The van der Waals surface area contributed by atoms with Crippen LogP contribution in [-0.2, 0) is 0 Å². The number of rotatable bonds is 4. The molecule has 0 heterocycles. The summed E-state index contributed by atoms with van der Waals surface area (Å²) in [6.07, 6.45) is 1.23. The summed E-state index contributed by atoms with van der Waals surface area (Å²) in [5, 5.41) is 23.6. The minimum absolute atomic E-state index is 0.376. The van der Waals surface area contributed by atoms with E-state index in [-0.39, 0.29) is 0 Å². The zero-order chi connectivity index (χ0) is 10.5. The summed E-state index contributed by atoms with van der Waals surface area (Å²) >= 11 is 0. The molecule has 0 fully saturated rings. The van der Waals surface area contributed by atoms with Crippen LogP contribution < -0.4 is 0 Å². The second-order valence-electron chi connectivity index (χ2n) is 4.19. The zero-order valence-corrected chi connectivity index (χ0v) is 8.63. The maximum Gasteiger partial charge on any atom is 0.110 e. The Hall–Kier alpha value is -1.24. The summed E-state index contributed by atoms with van der Waals surface area (Å²) < 4.78 is 0. The largest absolute Gasteiger partial charge is 0.311 e. The molecule has 4 nitrogen and oxygen atoms in total. The van der Waals surface area contributed by atoms with E-state index in [1.165, 1.54) is 6.21 Å². The van der Waals surface area contributed by atoms with Gasteiger partial charge in [-0.15, -0.1) is 0 Å². The molecule has 0 aromatic carbocycles. The fourth-order valence-corrected chi connectivity index (χ4v) is 0.459. The first kappa shape index (κ1) is 11.8. The van der Waals surface area contributed by atoms with Gasteiger partial charge >= 0.3 is 0 Å². The summed E-state index contributed by atoms with van der Waals surface area (Å²) in [6, 6.07) is 2.13. The maximum absolute atomic E-state index is 8.68. The first-order valence-electron chi connectivity index (χ1n) is 4.14. The minimum Gasteiger partial charge on any atom is -0.311 e. The van der Waals surface area contributed by atoms with Gasteiger partial charge in [-0.05, 0) is 27.7 Å². The Morgan fingerprint density at radius 1 is 1.38 bits per heavy atom. The fourth-order valence-electron chi connectivity index (χ4n) is 0.459. The van der Waals surface area contributed by atoms with Crippen LogP contribution in [0.25, 0.3) is 0 Å². The molecule has 0 spiro atoms. The standard InChI is InChI=1S/C9H16N4/c1-8(2,5-10)7-12-13-9(3,4)6-11/h6,11H,7H2,1-4H3/b11-6?,13-12+. The predicted molar refractivity (Wildman–Crippen MR) is 52.0 cm³/mol. The molecule has 0 amide bonds. The lowest BCUT2D eigenvalue weighted by Crippen LogP contribution is -2.18. The third kappa shape index (κ3) is 5.07. The van der Waals surface area contributed by atoms with E-state index in [0.29, 0.717) is 6.54 Å². The lowest BCUT2D eigenvalue weighted by molar-refractivity contribution is 0.486. The molecule has 0 bridgehead atoms. The van der Waals surface area contributed by atoms with E-state index in [1.54, 1.807) is 13.8 Å². The van der Waals surface area contributed by atoms with Crippen molar-refractivity contribution < 1.29 is 0 Å². The second kappa shape index (κ2) is 4.13. The number of nitrogens with one attached hydrogen (secondary N) is 1. The summed E-state index contributed by atoms with van der Waals surface area (Å²) in [7, 11) is 0. The molecule has 0 aromatic heterocycles. The third-order valence-electron chi connectivity index (χ3n) is 1.45. The summed E-state index contributed by atoms with van der Waals surface area (Å²) in [6.45, 7) is 7.58. The van der Waals surface area contributed by atoms with Gasteiger partial charge in [-0.25, -0.2) is 0 Å². The van der Waals surface area contributed by atoms with Crippen LogP contribution >= 0.6 is 0 Å². The number of hydrogen-bond donors (Lipinski definition) is 1. The number of nitriles is 1. The van der Waals surface area contributed by atoms with Gasteiger partial charge in [-0.2, -0.15) is 15.5 Å². The Morgan fingerprint density at radius 3 is 2.31 bits per heavy atom. The van der Waals surface area contributed by atoms with E-state index in [4.69, 9.17) is 10.7 Å². The average Bonchev–Trinajstić information content (AvgIpc) is 2.04. The summed E-state index contributed by atoms with van der Waals surface area (Å²) in [5.41, 5.74) is -1.02. The first-order chi connectivity index (χ1) is 5.83. The lowest BCUT2D eigenvalue weighted by Gasteiger charge is -2.13. The van der Waals surface area contributed by atoms with Crippen LogP contribution in [0.5, 0.6) is 0 Å². The number of hydrogen-bond acceptors (Lipinski definition) is 4. The molecule has 0 aliphatic carbocycles. The van der Waals surface area contributed by atoms with Crippen molar-refractivity contribution in [2.45, 2.75) is 33.2 Å². The van der Waals surface area contributed by atoms with Crippen LogP contribution in [0.3, 0.4) is 0 Å². The van der Waals surface area contributed by atoms with Crippen molar-refractivity contribution in [3.05, 3.63) is 0 Å². The molecule has 0 aliphatic heterocycles. The highest BCUT2D eigenvalue weighted by Gasteiger charge is 2.17. The van der Waals surface area contributed by atoms with E-state index in [2.05, 4.69) is 16.3 Å². The molecule has 1 N–H and O–H groups in total. The van der Waals surface area contributed by atoms with E-state index in [0.717, 1.165) is 0 Å². The minimum atomic E-state index is -0.550. The Morgan fingerprint density at radius 2 is 1.92 bits per heavy atom.